The van der Waals surface area contributed by atoms with Gasteiger partial charge in [0.15, 0.2) is 5.92 Å². The van der Waals surface area contributed by atoms with Crippen molar-refractivity contribution in [1.29, 1.82) is 0 Å². The average molecular weight is 273 g/mol. The monoisotopic (exact) mass is 273 g/mol. The number of ether oxygens (including phenoxy) is 2. The molecule has 0 aromatic heterocycles. The molecule has 110 valence electrons. The summed E-state index contributed by atoms with van der Waals surface area (Å²) >= 11 is 0. The van der Waals surface area contributed by atoms with E-state index < -0.39 is 34.7 Å². The summed E-state index contributed by atoms with van der Waals surface area (Å²) in [6.07, 6.45) is 0. The maximum absolute atomic E-state index is 12.2. The van der Waals surface area contributed by atoms with Crippen LogP contribution in [-0.2, 0) is 23.9 Å². The standard InChI is InChI=1S/C13H23NO5/c1-12(2,3)14-11(17)13(4,5)8(9(15)18-6)10(16)19-7/h8H,1-7H3,(H,14,17). The molecule has 19 heavy (non-hydrogen) atoms. The van der Waals surface area contributed by atoms with Crippen LogP contribution in [-0.4, -0.2) is 37.6 Å². The molecule has 0 saturated carbocycles. The van der Waals surface area contributed by atoms with Crippen LogP contribution in [0.3, 0.4) is 0 Å². The van der Waals surface area contributed by atoms with Crippen LogP contribution in [0.15, 0.2) is 0 Å². The minimum atomic E-state index is -1.30. The number of amides is 1. The van der Waals surface area contributed by atoms with E-state index in [1.54, 1.807) is 0 Å². The zero-order chi connectivity index (χ0) is 15.4. The second-order valence-corrected chi connectivity index (χ2v) is 5.91. The number of carbonyl (C=O) groups is 3. The summed E-state index contributed by atoms with van der Waals surface area (Å²) in [5.74, 6) is -3.30. The topological polar surface area (TPSA) is 81.7 Å². The number of hydrogen-bond acceptors (Lipinski definition) is 5. The highest BCUT2D eigenvalue weighted by atomic mass is 16.5. The molecule has 0 radical (unpaired) electrons. The molecule has 0 aliphatic rings. The first-order valence-corrected chi connectivity index (χ1v) is 5.95. The van der Waals surface area contributed by atoms with Gasteiger partial charge in [-0.1, -0.05) is 0 Å². The molecule has 0 heterocycles. The maximum atomic E-state index is 12.2. The summed E-state index contributed by atoms with van der Waals surface area (Å²) in [4.78, 5) is 35.7. The first-order valence-electron chi connectivity index (χ1n) is 5.95. The van der Waals surface area contributed by atoms with Crippen molar-refractivity contribution in [2.45, 2.75) is 40.2 Å². The Hall–Kier alpha value is -1.59. The lowest BCUT2D eigenvalue weighted by atomic mass is 9.77. The largest absolute Gasteiger partial charge is 0.468 e. The number of hydrogen-bond donors (Lipinski definition) is 1. The van der Waals surface area contributed by atoms with Crippen molar-refractivity contribution >= 4 is 17.8 Å². The van der Waals surface area contributed by atoms with E-state index >= 15 is 0 Å². The quantitative estimate of drug-likeness (QED) is 0.607. The molecule has 0 aromatic rings. The van der Waals surface area contributed by atoms with E-state index in [0.29, 0.717) is 0 Å². The highest BCUT2D eigenvalue weighted by Gasteiger charge is 2.48. The summed E-state index contributed by atoms with van der Waals surface area (Å²) < 4.78 is 9.16. The number of rotatable bonds is 4. The molecule has 0 atom stereocenters. The van der Waals surface area contributed by atoms with E-state index in [-0.39, 0.29) is 0 Å². The Morgan fingerprint density at radius 3 is 1.53 bits per heavy atom. The third-order valence-electron chi connectivity index (χ3n) is 2.67. The molecular formula is C13H23NO5. The number of esters is 2. The van der Waals surface area contributed by atoms with Crippen molar-refractivity contribution in [3.63, 3.8) is 0 Å². The van der Waals surface area contributed by atoms with E-state index in [2.05, 4.69) is 14.8 Å². The molecule has 0 fully saturated rings. The zero-order valence-corrected chi connectivity index (χ0v) is 12.6. The van der Waals surface area contributed by atoms with Gasteiger partial charge in [-0.25, -0.2) is 0 Å². The summed E-state index contributed by atoms with van der Waals surface area (Å²) in [5.41, 5.74) is -1.74. The molecule has 0 unspecified atom stereocenters. The van der Waals surface area contributed by atoms with Gasteiger partial charge in [0.25, 0.3) is 0 Å². The van der Waals surface area contributed by atoms with Crippen LogP contribution >= 0.6 is 0 Å². The van der Waals surface area contributed by atoms with Crippen molar-refractivity contribution in [2.24, 2.45) is 11.3 Å². The average Bonchev–Trinajstić information content (AvgIpc) is 2.25. The van der Waals surface area contributed by atoms with Crippen LogP contribution in [0.25, 0.3) is 0 Å². The molecule has 1 amide bonds. The molecule has 0 bridgehead atoms. The number of carbonyl (C=O) groups excluding carboxylic acids is 3. The second-order valence-electron chi connectivity index (χ2n) is 5.91. The minimum Gasteiger partial charge on any atom is -0.468 e. The summed E-state index contributed by atoms with van der Waals surface area (Å²) in [6, 6.07) is 0. The van der Waals surface area contributed by atoms with Crippen LogP contribution in [0.5, 0.6) is 0 Å². The predicted octanol–water partition coefficient (Wildman–Crippen LogP) is 0.889. The molecule has 0 aliphatic heterocycles. The van der Waals surface area contributed by atoms with E-state index in [0.717, 1.165) is 14.2 Å². The Morgan fingerprint density at radius 2 is 1.26 bits per heavy atom. The Kier molecular flexibility index (Phi) is 5.53. The zero-order valence-electron chi connectivity index (χ0n) is 12.6. The van der Waals surface area contributed by atoms with Crippen molar-refractivity contribution in [2.75, 3.05) is 14.2 Å². The highest BCUT2D eigenvalue weighted by molar-refractivity contribution is 6.01. The van der Waals surface area contributed by atoms with Crippen LogP contribution < -0.4 is 5.32 Å². The van der Waals surface area contributed by atoms with Crippen LogP contribution in [0.4, 0.5) is 0 Å². The van der Waals surface area contributed by atoms with Gasteiger partial charge in [0.2, 0.25) is 5.91 Å². The Morgan fingerprint density at radius 1 is 0.895 bits per heavy atom. The van der Waals surface area contributed by atoms with Crippen molar-refractivity contribution in [3.05, 3.63) is 0 Å². The van der Waals surface area contributed by atoms with E-state index in [1.807, 2.05) is 20.8 Å². The van der Waals surface area contributed by atoms with E-state index in [9.17, 15) is 14.4 Å². The summed E-state index contributed by atoms with van der Waals surface area (Å²) in [7, 11) is 2.33. The van der Waals surface area contributed by atoms with E-state index in [1.165, 1.54) is 13.8 Å². The molecule has 6 heteroatoms. The van der Waals surface area contributed by atoms with Crippen molar-refractivity contribution in [3.8, 4) is 0 Å². The smallest absolute Gasteiger partial charge is 0.321 e. The van der Waals surface area contributed by atoms with Crippen LogP contribution in [0.2, 0.25) is 0 Å². The normalized spacial score (nSPS) is 12.0. The number of nitrogens with one attached hydrogen (secondary N) is 1. The minimum absolute atomic E-state index is 0.416. The van der Waals surface area contributed by atoms with Crippen molar-refractivity contribution < 1.29 is 23.9 Å². The van der Waals surface area contributed by atoms with Gasteiger partial charge in [-0.2, -0.15) is 0 Å². The summed E-state index contributed by atoms with van der Waals surface area (Å²) in [5, 5.41) is 2.74. The first-order chi connectivity index (χ1) is 8.47. The van der Waals surface area contributed by atoms with Crippen LogP contribution in [0, 0.1) is 11.3 Å². The van der Waals surface area contributed by atoms with Gasteiger partial charge in [-0.3, -0.25) is 14.4 Å². The number of methoxy groups -OCH3 is 2. The molecule has 0 aromatic carbocycles. The van der Waals surface area contributed by atoms with Gasteiger partial charge in [0.1, 0.15) is 0 Å². The molecule has 6 nitrogen and oxygen atoms in total. The Labute approximate surface area is 113 Å². The first kappa shape index (κ1) is 17.4. The van der Waals surface area contributed by atoms with Gasteiger partial charge in [0, 0.05) is 5.54 Å². The van der Waals surface area contributed by atoms with Crippen molar-refractivity contribution in [1.82, 2.24) is 5.32 Å². The fraction of sp³-hybridized carbons (Fsp3) is 0.769. The third-order valence-corrected chi connectivity index (χ3v) is 2.67. The molecule has 0 spiro atoms. The fourth-order valence-electron chi connectivity index (χ4n) is 1.55. The molecule has 0 aliphatic carbocycles. The van der Waals surface area contributed by atoms with Gasteiger partial charge in [0.05, 0.1) is 19.6 Å². The Bertz CT molecular complexity index is 352. The second kappa shape index (κ2) is 6.04. The highest BCUT2D eigenvalue weighted by Crippen LogP contribution is 2.30. The lowest BCUT2D eigenvalue weighted by molar-refractivity contribution is -0.168. The molecule has 0 saturated heterocycles. The van der Waals surface area contributed by atoms with Gasteiger partial charge in [-0.15, -0.1) is 0 Å². The lowest BCUT2D eigenvalue weighted by Gasteiger charge is -2.32. The molecule has 1 N–H and O–H groups in total. The molecular weight excluding hydrogens is 250 g/mol. The molecule has 0 rings (SSSR count). The Balaban J connectivity index is 5.35. The SMILES string of the molecule is COC(=O)C(C(=O)OC)C(C)(C)C(=O)NC(C)(C)C. The maximum Gasteiger partial charge on any atom is 0.321 e. The van der Waals surface area contributed by atoms with Gasteiger partial charge in [-0.05, 0) is 34.6 Å². The fourth-order valence-corrected chi connectivity index (χ4v) is 1.55. The van der Waals surface area contributed by atoms with Gasteiger partial charge < -0.3 is 14.8 Å². The predicted molar refractivity (Wildman–Crippen MR) is 69.2 cm³/mol. The lowest BCUT2D eigenvalue weighted by Crippen LogP contribution is -2.53. The third kappa shape index (κ3) is 4.54. The van der Waals surface area contributed by atoms with Crippen LogP contribution in [0.1, 0.15) is 34.6 Å². The van der Waals surface area contributed by atoms with Gasteiger partial charge >= 0.3 is 11.9 Å². The summed E-state index contributed by atoms with van der Waals surface area (Å²) in [6.45, 7) is 8.45. The van der Waals surface area contributed by atoms with E-state index in [4.69, 9.17) is 0 Å².